The molecular weight excluding hydrogens is 320 g/mol. The van der Waals surface area contributed by atoms with Crippen LogP contribution in [0, 0.1) is 11.8 Å². The molecule has 1 N–H and O–H groups in total. The summed E-state index contributed by atoms with van der Waals surface area (Å²) in [4.78, 5) is 10.2. The zero-order chi connectivity index (χ0) is 17.8. The van der Waals surface area contributed by atoms with E-state index in [9.17, 15) is 0 Å². The van der Waals surface area contributed by atoms with E-state index >= 15 is 0 Å². The summed E-state index contributed by atoms with van der Waals surface area (Å²) in [6, 6.07) is 11.7. The topological polar surface area (TPSA) is 30.9 Å². The van der Waals surface area contributed by atoms with Gasteiger partial charge in [0, 0.05) is 38.8 Å². The highest BCUT2D eigenvalue weighted by Crippen LogP contribution is 2.32. The number of hydrogen-bond acceptors (Lipinski definition) is 2. The van der Waals surface area contributed by atoms with Gasteiger partial charge in [0.15, 0.2) is 5.96 Å². The van der Waals surface area contributed by atoms with Crippen molar-refractivity contribution in [3.8, 4) is 0 Å². The van der Waals surface area contributed by atoms with Crippen LogP contribution in [-0.2, 0) is 6.54 Å². The van der Waals surface area contributed by atoms with Crippen LogP contribution in [0.3, 0.4) is 0 Å². The van der Waals surface area contributed by atoms with Crippen molar-refractivity contribution in [3.05, 3.63) is 35.9 Å². The molecule has 2 unspecified atom stereocenters. The molecule has 3 fully saturated rings. The zero-order valence-electron chi connectivity index (χ0n) is 16.2. The minimum Gasteiger partial charge on any atom is -0.357 e. The third-order valence-electron chi connectivity index (χ3n) is 6.24. The van der Waals surface area contributed by atoms with Crippen molar-refractivity contribution < 1.29 is 0 Å². The number of likely N-dealkylation sites (tertiary alicyclic amines) is 2. The maximum Gasteiger partial charge on any atom is 0.193 e. The van der Waals surface area contributed by atoms with Crippen LogP contribution >= 0.6 is 0 Å². The van der Waals surface area contributed by atoms with Gasteiger partial charge >= 0.3 is 0 Å². The molecule has 1 aromatic carbocycles. The lowest BCUT2D eigenvalue weighted by atomic mass is 9.83. The van der Waals surface area contributed by atoms with E-state index in [-0.39, 0.29) is 0 Å². The Balaban J connectivity index is 1.39. The Bertz CT molecular complexity index is 595. The molecule has 1 aliphatic carbocycles. The molecule has 3 aliphatic rings. The highest BCUT2D eigenvalue weighted by Gasteiger charge is 2.36. The van der Waals surface area contributed by atoms with Gasteiger partial charge in [-0.25, -0.2) is 0 Å². The first-order valence-electron chi connectivity index (χ1n) is 10.6. The van der Waals surface area contributed by atoms with Crippen LogP contribution in [0.25, 0.3) is 0 Å². The third kappa shape index (κ3) is 4.40. The summed E-state index contributed by atoms with van der Waals surface area (Å²) < 4.78 is 0. The molecule has 2 heterocycles. The smallest absolute Gasteiger partial charge is 0.193 e. The number of aliphatic imine (C=N–C) groups is 1. The average molecular weight is 355 g/mol. The SMILES string of the molecule is CCNC(=NCC1CC1)N1CCC2C(CCCN2Cc2ccccc2)C1. The number of guanidine groups is 1. The standard InChI is InChI=1S/C22H34N4/c1-2-23-22(24-15-18-10-11-18)26-14-12-21-20(17-26)9-6-13-25(21)16-19-7-4-3-5-8-19/h3-5,7-8,18,20-21H,2,6,9-17H2,1H3,(H,23,24). The zero-order valence-corrected chi connectivity index (χ0v) is 16.2. The highest BCUT2D eigenvalue weighted by molar-refractivity contribution is 5.80. The lowest BCUT2D eigenvalue weighted by molar-refractivity contribution is 0.0372. The van der Waals surface area contributed by atoms with Crippen molar-refractivity contribution in [1.82, 2.24) is 15.1 Å². The van der Waals surface area contributed by atoms with Crippen LogP contribution in [-0.4, -0.2) is 54.5 Å². The highest BCUT2D eigenvalue weighted by atomic mass is 15.3. The summed E-state index contributed by atoms with van der Waals surface area (Å²) in [6.45, 7) is 8.85. The molecule has 2 aliphatic heterocycles. The lowest BCUT2D eigenvalue weighted by Crippen LogP contribution is -2.56. The van der Waals surface area contributed by atoms with Gasteiger partial charge in [-0.2, -0.15) is 0 Å². The number of hydrogen-bond donors (Lipinski definition) is 1. The number of nitrogens with one attached hydrogen (secondary N) is 1. The van der Waals surface area contributed by atoms with E-state index in [2.05, 4.69) is 52.4 Å². The van der Waals surface area contributed by atoms with E-state index in [1.807, 2.05) is 0 Å². The summed E-state index contributed by atoms with van der Waals surface area (Å²) in [6.07, 6.45) is 6.72. The number of rotatable bonds is 5. The fraction of sp³-hybridized carbons (Fsp3) is 0.682. The summed E-state index contributed by atoms with van der Waals surface area (Å²) in [7, 11) is 0. The Kier molecular flexibility index (Phi) is 5.78. The number of fused-ring (bicyclic) bond motifs is 1. The molecule has 4 heteroatoms. The lowest BCUT2D eigenvalue weighted by Gasteiger charge is -2.48. The molecule has 0 spiro atoms. The van der Waals surface area contributed by atoms with Crippen LogP contribution in [0.15, 0.2) is 35.3 Å². The van der Waals surface area contributed by atoms with Crippen molar-refractivity contribution in [3.63, 3.8) is 0 Å². The molecule has 2 atom stereocenters. The number of nitrogens with zero attached hydrogens (tertiary/aromatic N) is 3. The van der Waals surface area contributed by atoms with Gasteiger partial charge in [0.2, 0.25) is 0 Å². The average Bonchev–Trinajstić information content (AvgIpc) is 3.50. The molecule has 142 valence electrons. The fourth-order valence-electron chi connectivity index (χ4n) is 4.66. The molecule has 0 aromatic heterocycles. The normalized spacial score (nSPS) is 27.3. The summed E-state index contributed by atoms with van der Waals surface area (Å²) in [5.41, 5.74) is 1.45. The Morgan fingerprint density at radius 1 is 1.12 bits per heavy atom. The van der Waals surface area contributed by atoms with Gasteiger partial charge in [-0.15, -0.1) is 0 Å². The van der Waals surface area contributed by atoms with E-state index in [1.165, 1.54) is 50.8 Å². The van der Waals surface area contributed by atoms with Crippen LogP contribution in [0.4, 0.5) is 0 Å². The van der Waals surface area contributed by atoms with E-state index in [1.54, 1.807) is 0 Å². The number of benzene rings is 1. The van der Waals surface area contributed by atoms with Gasteiger partial charge in [-0.3, -0.25) is 9.89 Å². The fourth-order valence-corrected chi connectivity index (χ4v) is 4.66. The molecule has 26 heavy (non-hydrogen) atoms. The molecule has 0 amide bonds. The van der Waals surface area contributed by atoms with Crippen molar-refractivity contribution in [2.24, 2.45) is 16.8 Å². The Labute approximate surface area is 158 Å². The van der Waals surface area contributed by atoms with Crippen LogP contribution in [0.2, 0.25) is 0 Å². The largest absolute Gasteiger partial charge is 0.357 e. The summed E-state index contributed by atoms with van der Waals surface area (Å²) in [5, 5.41) is 3.54. The van der Waals surface area contributed by atoms with Crippen LogP contribution in [0.5, 0.6) is 0 Å². The Morgan fingerprint density at radius 2 is 1.96 bits per heavy atom. The Morgan fingerprint density at radius 3 is 2.73 bits per heavy atom. The van der Waals surface area contributed by atoms with Crippen LogP contribution < -0.4 is 5.32 Å². The second-order valence-electron chi connectivity index (χ2n) is 8.30. The molecule has 4 nitrogen and oxygen atoms in total. The monoisotopic (exact) mass is 354 g/mol. The van der Waals surface area contributed by atoms with Gasteiger partial charge in [0.1, 0.15) is 0 Å². The quantitative estimate of drug-likeness (QED) is 0.650. The van der Waals surface area contributed by atoms with Crippen molar-refractivity contribution in [2.75, 3.05) is 32.7 Å². The van der Waals surface area contributed by atoms with Gasteiger partial charge in [0.25, 0.3) is 0 Å². The van der Waals surface area contributed by atoms with Crippen molar-refractivity contribution >= 4 is 5.96 Å². The summed E-state index contributed by atoms with van der Waals surface area (Å²) in [5.74, 6) is 2.81. The molecule has 1 aromatic rings. The number of piperidine rings is 2. The first-order valence-corrected chi connectivity index (χ1v) is 10.6. The predicted octanol–water partition coefficient (Wildman–Crippen LogP) is 3.35. The van der Waals surface area contributed by atoms with Gasteiger partial charge in [-0.05, 0) is 63.0 Å². The minimum atomic E-state index is 0.742. The third-order valence-corrected chi connectivity index (χ3v) is 6.24. The molecular formula is C22H34N4. The summed E-state index contributed by atoms with van der Waals surface area (Å²) >= 11 is 0. The minimum absolute atomic E-state index is 0.742. The van der Waals surface area contributed by atoms with Gasteiger partial charge in [-0.1, -0.05) is 30.3 Å². The maximum absolute atomic E-state index is 4.94. The van der Waals surface area contributed by atoms with E-state index < -0.39 is 0 Å². The van der Waals surface area contributed by atoms with Crippen molar-refractivity contribution in [1.29, 1.82) is 0 Å². The molecule has 0 radical (unpaired) electrons. The van der Waals surface area contributed by atoms with Crippen LogP contribution in [0.1, 0.15) is 44.6 Å². The molecule has 0 bridgehead atoms. The second-order valence-corrected chi connectivity index (χ2v) is 8.30. The van der Waals surface area contributed by atoms with E-state index in [4.69, 9.17) is 4.99 Å². The first-order chi connectivity index (χ1) is 12.8. The molecule has 2 saturated heterocycles. The second kappa shape index (κ2) is 8.43. The van der Waals surface area contributed by atoms with Gasteiger partial charge < -0.3 is 10.2 Å². The first kappa shape index (κ1) is 17.8. The molecule has 4 rings (SSSR count). The van der Waals surface area contributed by atoms with E-state index in [0.717, 1.165) is 50.0 Å². The van der Waals surface area contributed by atoms with Gasteiger partial charge in [0.05, 0.1) is 0 Å². The predicted molar refractivity (Wildman–Crippen MR) is 108 cm³/mol. The van der Waals surface area contributed by atoms with E-state index in [0.29, 0.717) is 0 Å². The molecule has 1 saturated carbocycles. The van der Waals surface area contributed by atoms with Crippen molar-refractivity contribution in [2.45, 2.75) is 51.6 Å². The Hall–Kier alpha value is -1.55. The maximum atomic E-state index is 4.94.